The highest BCUT2D eigenvalue weighted by Crippen LogP contribution is 2.12. The molecule has 1 amide bonds. The van der Waals surface area contributed by atoms with E-state index in [1.54, 1.807) is 0 Å². The molecule has 0 aliphatic heterocycles. The van der Waals surface area contributed by atoms with Gasteiger partial charge in [0, 0.05) is 43.0 Å². The lowest BCUT2D eigenvalue weighted by Crippen LogP contribution is -2.38. The Hall–Kier alpha value is -1.55. The summed E-state index contributed by atoms with van der Waals surface area (Å²) in [4.78, 5) is 14.1. The van der Waals surface area contributed by atoms with E-state index in [1.807, 2.05) is 43.0 Å². The van der Waals surface area contributed by atoms with E-state index >= 15 is 0 Å². The molecule has 0 atom stereocenters. The average molecular weight is 291 g/mol. The van der Waals surface area contributed by atoms with Gasteiger partial charge in [-0.15, -0.1) is 0 Å². The fourth-order valence-corrected chi connectivity index (χ4v) is 2.10. The number of amides is 1. The molecule has 1 aromatic carbocycles. The fraction of sp³-hybridized carbons (Fsp3) is 0.588. The van der Waals surface area contributed by atoms with E-state index in [0.717, 1.165) is 37.4 Å². The number of hydrogen-bond acceptors (Lipinski definition) is 3. The van der Waals surface area contributed by atoms with E-state index in [0.29, 0.717) is 0 Å². The molecule has 4 nitrogen and oxygen atoms in total. The van der Waals surface area contributed by atoms with Crippen LogP contribution in [0.1, 0.15) is 45.0 Å². The van der Waals surface area contributed by atoms with Crippen molar-refractivity contribution in [1.82, 2.24) is 10.2 Å². The third-order valence-electron chi connectivity index (χ3n) is 3.27. The number of carbonyl (C=O) groups excluding carboxylic acids is 1. The Morgan fingerprint density at radius 1 is 1.14 bits per heavy atom. The lowest BCUT2D eigenvalue weighted by molar-refractivity contribution is 0.0773. The van der Waals surface area contributed by atoms with Crippen LogP contribution in [-0.2, 0) is 0 Å². The molecule has 0 aliphatic rings. The minimum atomic E-state index is 0.0940. The molecule has 0 aliphatic carbocycles. The molecule has 118 valence electrons. The molecule has 0 aromatic heterocycles. The molecule has 0 heterocycles. The van der Waals surface area contributed by atoms with Gasteiger partial charge in [-0.3, -0.25) is 4.79 Å². The van der Waals surface area contributed by atoms with E-state index in [-0.39, 0.29) is 11.4 Å². The Kier molecular flexibility index (Phi) is 6.69. The molecule has 0 radical (unpaired) electrons. The van der Waals surface area contributed by atoms with Crippen LogP contribution in [-0.4, -0.2) is 42.5 Å². The second-order valence-corrected chi connectivity index (χ2v) is 6.16. The summed E-state index contributed by atoms with van der Waals surface area (Å²) in [6.45, 7) is 13.6. The predicted octanol–water partition coefficient (Wildman–Crippen LogP) is 2.97. The van der Waals surface area contributed by atoms with Crippen LogP contribution in [0.4, 0.5) is 5.69 Å². The molecule has 0 spiro atoms. The summed E-state index contributed by atoms with van der Waals surface area (Å²) in [5.41, 5.74) is 1.86. The summed E-state index contributed by atoms with van der Waals surface area (Å²) in [7, 11) is 0. The molecular weight excluding hydrogens is 262 g/mol. The molecular formula is C17H29N3O. The van der Waals surface area contributed by atoms with Crippen LogP contribution in [0.5, 0.6) is 0 Å². The van der Waals surface area contributed by atoms with Gasteiger partial charge < -0.3 is 15.5 Å². The molecule has 0 unspecified atom stereocenters. The third kappa shape index (κ3) is 6.17. The number of carbonyl (C=O) groups is 1. The van der Waals surface area contributed by atoms with Gasteiger partial charge in [-0.25, -0.2) is 0 Å². The summed E-state index contributed by atoms with van der Waals surface area (Å²) in [6.07, 6.45) is 0. The molecule has 4 heteroatoms. The molecule has 0 bridgehead atoms. The Morgan fingerprint density at radius 3 is 2.38 bits per heavy atom. The first-order valence-electron chi connectivity index (χ1n) is 7.75. The number of nitrogens with zero attached hydrogens (tertiary/aromatic N) is 1. The first kappa shape index (κ1) is 17.5. The van der Waals surface area contributed by atoms with Gasteiger partial charge in [-0.05, 0) is 52.8 Å². The molecule has 0 saturated heterocycles. The van der Waals surface area contributed by atoms with Crippen LogP contribution in [0.25, 0.3) is 0 Å². The van der Waals surface area contributed by atoms with Gasteiger partial charge in [0.15, 0.2) is 0 Å². The van der Waals surface area contributed by atoms with Gasteiger partial charge in [0.1, 0.15) is 0 Å². The van der Waals surface area contributed by atoms with E-state index in [1.165, 1.54) is 0 Å². The van der Waals surface area contributed by atoms with Gasteiger partial charge in [0.2, 0.25) is 0 Å². The minimum Gasteiger partial charge on any atom is -0.384 e. The lowest BCUT2D eigenvalue weighted by atomic mass is 10.1. The summed E-state index contributed by atoms with van der Waals surface area (Å²) in [6, 6.07) is 7.73. The van der Waals surface area contributed by atoms with Crippen molar-refractivity contribution in [2.45, 2.75) is 40.2 Å². The van der Waals surface area contributed by atoms with Crippen molar-refractivity contribution in [3.05, 3.63) is 29.8 Å². The second kappa shape index (κ2) is 8.03. The van der Waals surface area contributed by atoms with Crippen molar-refractivity contribution >= 4 is 11.6 Å². The normalized spacial score (nSPS) is 11.3. The first-order valence-corrected chi connectivity index (χ1v) is 7.75. The number of nitrogens with one attached hydrogen (secondary N) is 2. The Balaban J connectivity index is 2.58. The zero-order valence-electron chi connectivity index (χ0n) is 14.0. The predicted molar refractivity (Wildman–Crippen MR) is 89.9 cm³/mol. The largest absolute Gasteiger partial charge is 0.384 e. The summed E-state index contributed by atoms with van der Waals surface area (Å²) < 4.78 is 0. The number of anilines is 1. The summed E-state index contributed by atoms with van der Waals surface area (Å²) >= 11 is 0. The molecule has 1 rings (SSSR count). The lowest BCUT2D eigenvalue weighted by Gasteiger charge is -2.21. The fourth-order valence-electron chi connectivity index (χ4n) is 2.10. The van der Waals surface area contributed by atoms with Crippen LogP contribution < -0.4 is 10.6 Å². The third-order valence-corrected chi connectivity index (χ3v) is 3.27. The van der Waals surface area contributed by atoms with E-state index < -0.39 is 0 Å². The zero-order valence-corrected chi connectivity index (χ0v) is 14.0. The quantitative estimate of drug-likeness (QED) is 0.759. The molecule has 21 heavy (non-hydrogen) atoms. The van der Waals surface area contributed by atoms with Crippen molar-refractivity contribution in [2.24, 2.45) is 0 Å². The molecule has 2 N–H and O–H groups in total. The second-order valence-electron chi connectivity index (χ2n) is 6.16. The van der Waals surface area contributed by atoms with Gasteiger partial charge in [-0.1, -0.05) is 6.07 Å². The standard InChI is InChI=1S/C17H29N3O/c1-6-20(7-2)16(21)14-9-8-10-15(13-14)18-11-12-19-17(3,4)5/h8-10,13,18-19H,6-7,11-12H2,1-5H3. The van der Waals surface area contributed by atoms with Gasteiger partial charge >= 0.3 is 0 Å². The number of benzene rings is 1. The minimum absolute atomic E-state index is 0.0940. The highest BCUT2D eigenvalue weighted by atomic mass is 16.2. The van der Waals surface area contributed by atoms with Crippen molar-refractivity contribution in [3.63, 3.8) is 0 Å². The summed E-state index contributed by atoms with van der Waals surface area (Å²) in [5, 5.41) is 6.78. The van der Waals surface area contributed by atoms with Crippen molar-refractivity contribution in [3.8, 4) is 0 Å². The van der Waals surface area contributed by atoms with Crippen LogP contribution >= 0.6 is 0 Å². The average Bonchev–Trinajstić information content (AvgIpc) is 2.44. The van der Waals surface area contributed by atoms with Gasteiger partial charge in [0.25, 0.3) is 5.91 Å². The monoisotopic (exact) mass is 291 g/mol. The van der Waals surface area contributed by atoms with Crippen molar-refractivity contribution in [2.75, 3.05) is 31.5 Å². The SMILES string of the molecule is CCN(CC)C(=O)c1cccc(NCCNC(C)(C)C)c1. The Bertz CT molecular complexity index is 448. The molecule has 0 saturated carbocycles. The maximum absolute atomic E-state index is 12.3. The van der Waals surface area contributed by atoms with E-state index in [9.17, 15) is 4.79 Å². The van der Waals surface area contributed by atoms with Crippen LogP contribution in [0, 0.1) is 0 Å². The summed E-state index contributed by atoms with van der Waals surface area (Å²) in [5.74, 6) is 0.0940. The highest BCUT2D eigenvalue weighted by Gasteiger charge is 2.12. The first-order chi connectivity index (χ1) is 9.87. The number of hydrogen-bond donors (Lipinski definition) is 2. The van der Waals surface area contributed by atoms with Crippen LogP contribution in [0.15, 0.2) is 24.3 Å². The zero-order chi connectivity index (χ0) is 15.9. The van der Waals surface area contributed by atoms with Crippen molar-refractivity contribution < 1.29 is 4.79 Å². The molecule has 0 fully saturated rings. The van der Waals surface area contributed by atoms with E-state index in [2.05, 4.69) is 31.4 Å². The Labute approximate surface area is 128 Å². The van der Waals surface area contributed by atoms with Gasteiger partial charge in [-0.2, -0.15) is 0 Å². The van der Waals surface area contributed by atoms with Crippen LogP contribution in [0.2, 0.25) is 0 Å². The topological polar surface area (TPSA) is 44.4 Å². The van der Waals surface area contributed by atoms with Gasteiger partial charge in [0.05, 0.1) is 0 Å². The highest BCUT2D eigenvalue weighted by molar-refractivity contribution is 5.95. The van der Waals surface area contributed by atoms with Crippen LogP contribution in [0.3, 0.4) is 0 Å². The molecule has 1 aromatic rings. The van der Waals surface area contributed by atoms with E-state index in [4.69, 9.17) is 0 Å². The maximum Gasteiger partial charge on any atom is 0.253 e. The number of rotatable bonds is 7. The van der Waals surface area contributed by atoms with Crippen molar-refractivity contribution in [1.29, 1.82) is 0 Å². The maximum atomic E-state index is 12.3. The Morgan fingerprint density at radius 2 is 1.81 bits per heavy atom. The smallest absolute Gasteiger partial charge is 0.253 e.